The van der Waals surface area contributed by atoms with E-state index in [0.29, 0.717) is 19.5 Å². The van der Waals surface area contributed by atoms with Crippen LogP contribution in [0.1, 0.15) is 93.4 Å². The molecule has 6 N–H and O–H groups in total. The second-order valence-electron chi connectivity index (χ2n) is 15.0. The summed E-state index contributed by atoms with van der Waals surface area (Å²) in [6, 6.07) is 9.50. The van der Waals surface area contributed by atoms with Gasteiger partial charge in [0.15, 0.2) is 0 Å². The molecule has 2 aliphatic heterocycles. The van der Waals surface area contributed by atoms with Crippen LogP contribution >= 0.6 is 0 Å². The number of phenolic OH excluding ortho intramolecular Hbond substituents is 1. The number of aryl methyl sites for hydroxylation is 1. The highest BCUT2D eigenvalue weighted by molar-refractivity contribution is 5.93. The Balaban J connectivity index is 1.52. The van der Waals surface area contributed by atoms with Crippen LogP contribution < -0.4 is 5.32 Å². The van der Waals surface area contributed by atoms with E-state index in [4.69, 9.17) is 4.74 Å². The number of amides is 1. The second kappa shape index (κ2) is 15.2. The van der Waals surface area contributed by atoms with E-state index in [9.17, 15) is 35.1 Å². The number of piperazine rings is 1. The van der Waals surface area contributed by atoms with Crippen LogP contribution in [0.15, 0.2) is 36.4 Å². The number of Topliss-reactive ketones (excluding diaryl/α,β-unsaturated/α-hetero) is 1. The molecule has 2 heterocycles. The highest BCUT2D eigenvalue weighted by atomic mass is 16.5. The Kier molecular flexibility index (Phi) is 11.9. The van der Waals surface area contributed by atoms with Gasteiger partial charge >= 0.3 is 0 Å². The minimum Gasteiger partial charge on any atom is -0.508 e. The fourth-order valence-electron chi connectivity index (χ4n) is 6.57. The van der Waals surface area contributed by atoms with Crippen molar-refractivity contribution in [2.45, 2.75) is 97.7 Å². The van der Waals surface area contributed by atoms with Crippen molar-refractivity contribution in [3.63, 3.8) is 0 Å². The van der Waals surface area contributed by atoms with Gasteiger partial charge in [0.1, 0.15) is 42.1 Å². The Morgan fingerprint density at radius 2 is 1.67 bits per heavy atom. The van der Waals surface area contributed by atoms with Gasteiger partial charge in [-0.1, -0.05) is 58.0 Å². The molecule has 10 heteroatoms. The van der Waals surface area contributed by atoms with Crippen molar-refractivity contribution < 1.29 is 39.9 Å². The first-order valence-corrected chi connectivity index (χ1v) is 16.9. The van der Waals surface area contributed by atoms with Crippen molar-refractivity contribution in [3.8, 4) is 5.75 Å². The third-order valence-corrected chi connectivity index (χ3v) is 9.85. The number of aliphatic hydroxyl groups is 4. The number of nitrogens with zero attached hydrogens (tertiary/aromatic N) is 1. The van der Waals surface area contributed by atoms with Gasteiger partial charge < -0.3 is 40.5 Å². The number of allylic oxidation sites excluding steroid dienone is 1. The molecule has 0 spiro atoms. The molecule has 4 rings (SSSR count). The number of nitrogens with one attached hydrogen (secondary N) is 1. The first kappa shape index (κ1) is 37.7. The Hall–Kier alpha value is -3.12. The summed E-state index contributed by atoms with van der Waals surface area (Å²) in [4.78, 5) is 28.5. The number of rotatable bonds is 11. The van der Waals surface area contributed by atoms with E-state index in [2.05, 4.69) is 11.4 Å². The lowest BCUT2D eigenvalue weighted by Crippen LogP contribution is -2.55. The van der Waals surface area contributed by atoms with Gasteiger partial charge in [-0.15, -0.1) is 0 Å². The van der Waals surface area contributed by atoms with E-state index in [1.807, 2.05) is 77.7 Å². The summed E-state index contributed by atoms with van der Waals surface area (Å²) in [7, 11) is 0. The predicted molar refractivity (Wildman–Crippen MR) is 185 cm³/mol. The van der Waals surface area contributed by atoms with Crippen LogP contribution in [-0.2, 0) is 20.7 Å². The van der Waals surface area contributed by atoms with Crippen molar-refractivity contribution in [2.24, 2.45) is 10.8 Å². The number of ether oxygens (including phenoxy) is 1. The second-order valence-corrected chi connectivity index (χ2v) is 15.0. The smallest absolute Gasteiger partial charge is 0.228 e. The third-order valence-electron chi connectivity index (χ3n) is 9.85. The molecular formula is C38H54N2O8. The molecular weight excluding hydrogens is 612 g/mol. The number of hydrogen-bond acceptors (Lipinski definition) is 9. The molecule has 1 amide bonds. The van der Waals surface area contributed by atoms with E-state index in [1.165, 1.54) is 0 Å². The van der Waals surface area contributed by atoms with Crippen LogP contribution in [0, 0.1) is 17.8 Å². The standard InChI is InChI=1S/C38H54N2O8/c1-22(2)27-19-29(42)28(35-34(46)33(45)32(44)30(21-41)48-35)18-26(27)17-25-9-8-24(16-23(25)3)10-11-37(4,5)31(43)20-38(6,7)36(47)40-14-12-39-13-15-40/h8-11,16,18-19,22,30,32-35,39,41-42,44-46H,12-15,17,20-21H2,1-7H3/b11-10+/t30-,32+,33+,34+,35+/m1/s1. The van der Waals surface area contributed by atoms with Gasteiger partial charge in [0.05, 0.1) is 12.0 Å². The monoisotopic (exact) mass is 666 g/mol. The topological polar surface area (TPSA) is 160 Å². The van der Waals surface area contributed by atoms with E-state index < -0.39 is 48.0 Å². The van der Waals surface area contributed by atoms with Gasteiger partial charge in [-0.05, 0) is 73.1 Å². The summed E-state index contributed by atoms with van der Waals surface area (Å²) in [5.74, 6) is -0.00547. The van der Waals surface area contributed by atoms with Gasteiger partial charge in [0.25, 0.3) is 0 Å². The van der Waals surface area contributed by atoms with Crippen molar-refractivity contribution in [3.05, 3.63) is 69.8 Å². The van der Waals surface area contributed by atoms with Crippen LogP contribution in [0.3, 0.4) is 0 Å². The molecule has 10 nitrogen and oxygen atoms in total. The molecule has 0 saturated carbocycles. The molecule has 0 unspecified atom stereocenters. The number of aromatic hydroxyl groups is 1. The maximum Gasteiger partial charge on any atom is 0.228 e. The Labute approximate surface area is 284 Å². The zero-order valence-corrected chi connectivity index (χ0v) is 29.4. The fraction of sp³-hybridized carbons (Fsp3) is 0.579. The molecule has 48 heavy (non-hydrogen) atoms. The van der Waals surface area contributed by atoms with Gasteiger partial charge in [-0.2, -0.15) is 0 Å². The predicted octanol–water partition coefficient (Wildman–Crippen LogP) is 3.39. The van der Waals surface area contributed by atoms with Crippen LogP contribution in [0.25, 0.3) is 6.08 Å². The lowest BCUT2D eigenvalue weighted by Gasteiger charge is -2.40. The van der Waals surface area contributed by atoms with Crippen LogP contribution in [0.4, 0.5) is 0 Å². The molecule has 2 aromatic carbocycles. The minimum atomic E-state index is -1.55. The highest BCUT2D eigenvalue weighted by Crippen LogP contribution is 2.40. The summed E-state index contributed by atoms with van der Waals surface area (Å²) >= 11 is 0. The average molecular weight is 667 g/mol. The summed E-state index contributed by atoms with van der Waals surface area (Å²) in [6.07, 6.45) is -2.26. The van der Waals surface area contributed by atoms with Crippen molar-refractivity contribution in [2.75, 3.05) is 32.8 Å². The number of ketones is 1. The average Bonchev–Trinajstić information content (AvgIpc) is 3.04. The number of aliphatic hydroxyl groups excluding tert-OH is 4. The first-order valence-electron chi connectivity index (χ1n) is 16.9. The van der Waals surface area contributed by atoms with Gasteiger partial charge in [-0.3, -0.25) is 9.59 Å². The molecule has 0 aromatic heterocycles. The molecule has 0 radical (unpaired) electrons. The lowest BCUT2D eigenvalue weighted by molar-refractivity contribution is -0.232. The summed E-state index contributed by atoms with van der Waals surface area (Å²) in [6.45, 7) is 15.8. The van der Waals surface area contributed by atoms with Gasteiger partial charge in [0.2, 0.25) is 5.91 Å². The SMILES string of the molecule is Cc1cc(/C=C/C(C)(C)C(=O)CC(C)(C)C(=O)N2CCNCC2)ccc1Cc1cc([C@@H]2O[C@H](CO)[C@H](O)[C@H](O)[C@@H]2O)c(O)cc1C(C)C. The molecule has 2 saturated heterocycles. The van der Waals surface area contributed by atoms with E-state index >= 15 is 0 Å². The quantitative estimate of drug-likeness (QED) is 0.211. The van der Waals surface area contributed by atoms with Gasteiger partial charge in [0, 0.05) is 43.6 Å². The van der Waals surface area contributed by atoms with Gasteiger partial charge in [-0.25, -0.2) is 0 Å². The number of hydrogen-bond donors (Lipinski definition) is 6. The Morgan fingerprint density at radius 1 is 1.00 bits per heavy atom. The summed E-state index contributed by atoms with van der Waals surface area (Å²) < 4.78 is 5.76. The van der Waals surface area contributed by atoms with E-state index in [0.717, 1.165) is 40.9 Å². The highest BCUT2D eigenvalue weighted by Gasteiger charge is 2.45. The maximum atomic E-state index is 13.4. The normalized spacial score (nSPS) is 24.0. The Bertz CT molecular complexity index is 1490. The third kappa shape index (κ3) is 8.35. The Morgan fingerprint density at radius 3 is 2.27 bits per heavy atom. The molecule has 0 aliphatic carbocycles. The molecule has 0 bridgehead atoms. The van der Waals surface area contributed by atoms with Crippen LogP contribution in [-0.4, -0.2) is 99.3 Å². The van der Waals surface area contributed by atoms with E-state index in [-0.39, 0.29) is 35.3 Å². The minimum absolute atomic E-state index is 0.00401. The zero-order chi connectivity index (χ0) is 35.6. The van der Waals surface area contributed by atoms with Crippen molar-refractivity contribution in [1.29, 1.82) is 0 Å². The fourth-order valence-corrected chi connectivity index (χ4v) is 6.57. The zero-order valence-electron chi connectivity index (χ0n) is 29.4. The van der Waals surface area contributed by atoms with Crippen molar-refractivity contribution >= 4 is 17.8 Å². The largest absolute Gasteiger partial charge is 0.508 e. The summed E-state index contributed by atoms with van der Waals surface area (Å²) in [5.41, 5.74) is 3.55. The summed E-state index contributed by atoms with van der Waals surface area (Å²) in [5, 5.41) is 55.2. The molecule has 2 fully saturated rings. The van der Waals surface area contributed by atoms with Crippen molar-refractivity contribution in [1.82, 2.24) is 10.2 Å². The number of carbonyl (C=O) groups is 2. The number of benzene rings is 2. The van der Waals surface area contributed by atoms with E-state index in [1.54, 1.807) is 12.1 Å². The molecule has 5 atom stereocenters. The number of carbonyl (C=O) groups excluding carboxylic acids is 2. The first-order chi connectivity index (χ1) is 22.5. The maximum absolute atomic E-state index is 13.4. The van der Waals surface area contributed by atoms with Crippen LogP contribution in [0.2, 0.25) is 0 Å². The molecule has 2 aromatic rings. The molecule has 2 aliphatic rings. The molecule has 264 valence electrons. The number of phenols is 1. The van der Waals surface area contributed by atoms with Crippen LogP contribution in [0.5, 0.6) is 5.75 Å². The lowest BCUT2D eigenvalue weighted by atomic mass is 9.76.